The van der Waals surface area contributed by atoms with Crippen LogP contribution in [0.3, 0.4) is 0 Å². The van der Waals surface area contributed by atoms with Crippen molar-refractivity contribution in [1.82, 2.24) is 16.0 Å². The van der Waals surface area contributed by atoms with Gasteiger partial charge in [0.25, 0.3) is 0 Å². The quantitative estimate of drug-likeness (QED) is 0.193. The maximum absolute atomic E-state index is 12.7. The number of amides is 3. The van der Waals surface area contributed by atoms with Gasteiger partial charge in [0.15, 0.2) is 0 Å². The highest BCUT2D eigenvalue weighted by molar-refractivity contribution is 7.80. The Balaban J connectivity index is 5.20. The largest absolute Gasteiger partial charge is 0.480 e. The van der Waals surface area contributed by atoms with Crippen LogP contribution in [0, 0.1) is 11.8 Å². The summed E-state index contributed by atoms with van der Waals surface area (Å²) >= 11 is 7.95. The molecule has 5 atom stereocenters. The Bertz CT molecular complexity index is 576. The molecule has 0 fully saturated rings. The smallest absolute Gasteiger partial charge is 0.327 e. The fourth-order valence-corrected chi connectivity index (χ4v) is 2.91. The van der Waals surface area contributed by atoms with E-state index in [0.717, 1.165) is 0 Å². The van der Waals surface area contributed by atoms with E-state index in [0.29, 0.717) is 12.8 Å². The number of carbonyl (C=O) groups is 4. The average molecular weight is 451 g/mol. The van der Waals surface area contributed by atoms with Gasteiger partial charge in [-0.3, -0.25) is 14.4 Å². The van der Waals surface area contributed by atoms with Crippen LogP contribution in [0.2, 0.25) is 0 Å². The molecule has 0 heterocycles. The molecule has 0 spiro atoms. The molecule has 0 rings (SSSR count). The van der Waals surface area contributed by atoms with E-state index in [1.807, 2.05) is 27.7 Å². The Kier molecular flexibility index (Phi) is 13.0. The number of rotatable bonds is 13. The molecule has 0 radical (unpaired) electrons. The van der Waals surface area contributed by atoms with Gasteiger partial charge in [-0.25, -0.2) is 4.79 Å². The molecular weight excluding hydrogens is 416 g/mol. The van der Waals surface area contributed by atoms with Crippen molar-refractivity contribution in [1.29, 1.82) is 0 Å². The third-order valence-corrected chi connectivity index (χ3v) is 5.24. The van der Waals surface area contributed by atoms with Crippen LogP contribution in [0.5, 0.6) is 0 Å². The molecule has 29 heavy (non-hydrogen) atoms. The summed E-state index contributed by atoms with van der Waals surface area (Å²) in [5, 5.41) is 16.5. The van der Waals surface area contributed by atoms with Crippen LogP contribution in [0.25, 0.3) is 0 Å². The van der Waals surface area contributed by atoms with Gasteiger partial charge in [0.2, 0.25) is 17.7 Å². The van der Waals surface area contributed by atoms with Crippen LogP contribution >= 0.6 is 25.3 Å². The Morgan fingerprint density at radius 2 is 1.31 bits per heavy atom. The van der Waals surface area contributed by atoms with Gasteiger partial charge in [-0.05, 0) is 18.3 Å². The van der Waals surface area contributed by atoms with Crippen LogP contribution in [-0.2, 0) is 19.2 Å². The van der Waals surface area contributed by atoms with Gasteiger partial charge >= 0.3 is 5.97 Å². The normalized spacial score (nSPS) is 16.3. The first kappa shape index (κ1) is 27.5. The Hall–Kier alpha value is -1.46. The molecule has 5 unspecified atom stereocenters. The topological polar surface area (TPSA) is 151 Å². The minimum Gasteiger partial charge on any atom is -0.480 e. The van der Waals surface area contributed by atoms with Crippen molar-refractivity contribution in [2.24, 2.45) is 17.6 Å². The second-order valence-corrected chi connectivity index (χ2v) is 8.16. The van der Waals surface area contributed by atoms with Crippen molar-refractivity contribution in [3.05, 3.63) is 0 Å². The minimum atomic E-state index is -1.23. The van der Waals surface area contributed by atoms with E-state index in [2.05, 4.69) is 41.2 Å². The SMILES string of the molecule is CCC(C)C(N)C(=O)NC(CC(C)C)C(=O)NC(CS)C(=O)NC(CS)C(=O)O. The Labute approximate surface area is 183 Å². The predicted octanol–water partition coefficient (Wildman–Crippen LogP) is -0.195. The lowest BCUT2D eigenvalue weighted by Crippen LogP contribution is -2.58. The van der Waals surface area contributed by atoms with Gasteiger partial charge in [0.05, 0.1) is 6.04 Å². The average Bonchev–Trinajstić information content (AvgIpc) is 2.67. The highest BCUT2D eigenvalue weighted by Gasteiger charge is 2.30. The van der Waals surface area contributed by atoms with E-state index in [1.165, 1.54) is 0 Å². The second-order valence-electron chi connectivity index (χ2n) is 7.43. The van der Waals surface area contributed by atoms with E-state index >= 15 is 0 Å². The van der Waals surface area contributed by atoms with Crippen LogP contribution < -0.4 is 21.7 Å². The standard InChI is InChI=1S/C18H34N4O5S2/c1-5-10(4)14(19)17(25)20-11(6-9(2)3)15(23)21-12(7-28)16(24)22-13(8-29)18(26)27/h9-14,28-29H,5-8,19H2,1-4H3,(H,20,25)(H,21,23)(H,22,24)(H,26,27). The van der Waals surface area contributed by atoms with Crippen molar-refractivity contribution in [2.75, 3.05) is 11.5 Å². The number of nitrogens with two attached hydrogens (primary N) is 1. The summed E-state index contributed by atoms with van der Waals surface area (Å²) in [5.74, 6) is -3.04. The number of hydrogen-bond acceptors (Lipinski definition) is 7. The van der Waals surface area contributed by atoms with Crippen molar-refractivity contribution in [3.8, 4) is 0 Å². The van der Waals surface area contributed by atoms with Gasteiger partial charge in [0, 0.05) is 11.5 Å². The van der Waals surface area contributed by atoms with E-state index in [4.69, 9.17) is 10.8 Å². The molecular formula is C18H34N4O5S2. The van der Waals surface area contributed by atoms with Gasteiger partial charge in [0.1, 0.15) is 18.1 Å². The number of hydrogen-bond donors (Lipinski definition) is 7. The highest BCUT2D eigenvalue weighted by atomic mass is 32.1. The zero-order valence-electron chi connectivity index (χ0n) is 17.3. The van der Waals surface area contributed by atoms with E-state index in [-0.39, 0.29) is 23.3 Å². The molecule has 0 bridgehead atoms. The summed E-state index contributed by atoms with van der Waals surface area (Å²) in [5.41, 5.74) is 5.94. The lowest BCUT2D eigenvalue weighted by molar-refractivity contribution is -0.141. The molecule has 11 heteroatoms. The maximum Gasteiger partial charge on any atom is 0.327 e. The first-order chi connectivity index (χ1) is 13.5. The molecule has 168 valence electrons. The molecule has 0 aromatic heterocycles. The molecule has 9 nitrogen and oxygen atoms in total. The minimum absolute atomic E-state index is 0.0504. The number of carboxylic acid groups (broad SMARTS) is 1. The monoisotopic (exact) mass is 450 g/mol. The molecule has 0 aromatic carbocycles. The molecule has 0 aliphatic rings. The number of thiol groups is 2. The van der Waals surface area contributed by atoms with Crippen LogP contribution in [-0.4, -0.2) is 64.5 Å². The predicted molar refractivity (Wildman–Crippen MR) is 118 cm³/mol. The van der Waals surface area contributed by atoms with Gasteiger partial charge in [-0.15, -0.1) is 0 Å². The highest BCUT2D eigenvalue weighted by Crippen LogP contribution is 2.09. The molecule has 0 aliphatic heterocycles. The Morgan fingerprint density at radius 3 is 1.72 bits per heavy atom. The fraction of sp³-hybridized carbons (Fsp3) is 0.778. The number of nitrogens with one attached hydrogen (secondary N) is 3. The second kappa shape index (κ2) is 13.7. The van der Waals surface area contributed by atoms with E-state index in [1.54, 1.807) is 0 Å². The summed E-state index contributed by atoms with van der Waals surface area (Å²) < 4.78 is 0. The first-order valence-electron chi connectivity index (χ1n) is 9.59. The van der Waals surface area contributed by atoms with E-state index in [9.17, 15) is 19.2 Å². The van der Waals surface area contributed by atoms with Crippen LogP contribution in [0.4, 0.5) is 0 Å². The van der Waals surface area contributed by atoms with Crippen molar-refractivity contribution in [2.45, 2.75) is 64.7 Å². The van der Waals surface area contributed by atoms with Gasteiger partial charge in [-0.2, -0.15) is 25.3 Å². The molecule has 0 saturated carbocycles. The van der Waals surface area contributed by atoms with Gasteiger partial charge < -0.3 is 26.8 Å². The molecule has 0 aromatic rings. The summed E-state index contributed by atoms with van der Waals surface area (Å²) in [6.45, 7) is 7.56. The zero-order valence-corrected chi connectivity index (χ0v) is 19.1. The molecule has 0 saturated heterocycles. The molecule has 6 N–H and O–H groups in total. The van der Waals surface area contributed by atoms with Crippen molar-refractivity contribution in [3.63, 3.8) is 0 Å². The summed E-state index contributed by atoms with van der Waals surface area (Å²) in [4.78, 5) is 48.5. The summed E-state index contributed by atoms with van der Waals surface area (Å²) in [6, 6.07) is -3.89. The molecule has 3 amide bonds. The van der Waals surface area contributed by atoms with Gasteiger partial charge in [-0.1, -0.05) is 34.1 Å². The van der Waals surface area contributed by atoms with E-state index < -0.39 is 47.9 Å². The molecule has 0 aliphatic carbocycles. The summed E-state index contributed by atoms with van der Waals surface area (Å²) in [7, 11) is 0. The first-order valence-corrected chi connectivity index (χ1v) is 10.9. The lowest BCUT2D eigenvalue weighted by atomic mass is 9.97. The maximum atomic E-state index is 12.7. The number of aliphatic carboxylic acids is 1. The van der Waals surface area contributed by atoms with Crippen molar-refractivity contribution >= 4 is 48.9 Å². The third-order valence-electron chi connectivity index (χ3n) is 4.51. The number of carboxylic acids is 1. The zero-order chi connectivity index (χ0) is 22.7. The van der Waals surface area contributed by atoms with Crippen LogP contribution in [0.15, 0.2) is 0 Å². The number of carbonyl (C=O) groups excluding carboxylic acids is 3. The third kappa shape index (κ3) is 9.72. The summed E-state index contributed by atoms with van der Waals surface area (Å²) in [6.07, 6.45) is 1.06. The van der Waals surface area contributed by atoms with Crippen LogP contribution in [0.1, 0.15) is 40.5 Å². The Morgan fingerprint density at radius 1 is 0.862 bits per heavy atom. The fourth-order valence-electron chi connectivity index (χ4n) is 2.41. The lowest BCUT2D eigenvalue weighted by Gasteiger charge is -2.26. The van der Waals surface area contributed by atoms with Crippen molar-refractivity contribution < 1.29 is 24.3 Å².